The Morgan fingerprint density at radius 3 is 2.53 bits per heavy atom. The molecule has 0 amide bonds. The van der Waals surface area contributed by atoms with Gasteiger partial charge in [0.25, 0.3) is 0 Å². The van der Waals surface area contributed by atoms with Crippen LogP contribution in [0.25, 0.3) is 0 Å². The quantitative estimate of drug-likeness (QED) is 0.826. The molecule has 0 saturated heterocycles. The van der Waals surface area contributed by atoms with Crippen LogP contribution in [0.4, 0.5) is 10.1 Å². The highest BCUT2D eigenvalue weighted by Crippen LogP contribution is 2.19. The van der Waals surface area contributed by atoms with Gasteiger partial charge in [0.15, 0.2) is 0 Å². The average Bonchev–Trinajstić information content (AvgIpc) is 2.17. The van der Waals surface area contributed by atoms with E-state index < -0.39 is 0 Å². The van der Waals surface area contributed by atoms with E-state index >= 15 is 0 Å². The molecular formula is C12H19FN2. The van der Waals surface area contributed by atoms with Crippen LogP contribution in [0.2, 0.25) is 0 Å². The molecular weight excluding hydrogens is 191 g/mol. The minimum Gasteiger partial charge on any atom is -0.370 e. The second-order valence-electron chi connectivity index (χ2n) is 4.32. The van der Waals surface area contributed by atoms with Gasteiger partial charge in [-0.1, -0.05) is 19.1 Å². The maximum Gasteiger partial charge on any atom is 0.146 e. The first-order valence-corrected chi connectivity index (χ1v) is 5.21. The van der Waals surface area contributed by atoms with Crippen LogP contribution in [0.5, 0.6) is 0 Å². The smallest absolute Gasteiger partial charge is 0.146 e. The molecule has 1 aromatic carbocycles. The molecule has 84 valence electrons. The molecule has 2 N–H and O–H groups in total. The highest BCUT2D eigenvalue weighted by atomic mass is 19.1. The summed E-state index contributed by atoms with van der Waals surface area (Å²) >= 11 is 0. The highest BCUT2D eigenvalue weighted by Gasteiger charge is 2.19. The molecule has 0 heterocycles. The number of likely N-dealkylation sites (N-methyl/N-ethyl adjacent to an activating group) is 1. The predicted octanol–water partition coefficient (Wildman–Crippen LogP) is 2.39. The molecule has 0 aliphatic rings. The van der Waals surface area contributed by atoms with Crippen molar-refractivity contribution in [1.29, 1.82) is 0 Å². The molecule has 1 atom stereocenters. The first kappa shape index (κ1) is 12.0. The topological polar surface area (TPSA) is 29.3 Å². The minimum absolute atomic E-state index is 0.202. The van der Waals surface area contributed by atoms with E-state index in [0.29, 0.717) is 12.2 Å². The van der Waals surface area contributed by atoms with Crippen molar-refractivity contribution in [1.82, 2.24) is 0 Å². The number of nitrogens with zero attached hydrogens (tertiary/aromatic N) is 1. The van der Waals surface area contributed by atoms with Gasteiger partial charge in [0, 0.05) is 19.1 Å². The van der Waals surface area contributed by atoms with Crippen molar-refractivity contribution in [2.75, 3.05) is 18.5 Å². The Bertz CT molecular complexity index is 323. The van der Waals surface area contributed by atoms with E-state index in [1.165, 1.54) is 6.07 Å². The molecule has 0 aliphatic heterocycles. The summed E-state index contributed by atoms with van der Waals surface area (Å²) in [6.07, 6.45) is 0.867. The van der Waals surface area contributed by atoms with Crippen molar-refractivity contribution in [3.05, 3.63) is 30.1 Å². The summed E-state index contributed by atoms with van der Waals surface area (Å²) in [6.45, 7) is 4.66. The first-order chi connectivity index (χ1) is 6.96. The first-order valence-electron chi connectivity index (χ1n) is 5.21. The summed E-state index contributed by atoms with van der Waals surface area (Å²) in [5, 5.41) is 0. The summed E-state index contributed by atoms with van der Waals surface area (Å²) < 4.78 is 13.4. The van der Waals surface area contributed by atoms with Crippen molar-refractivity contribution in [3.8, 4) is 0 Å². The van der Waals surface area contributed by atoms with Crippen molar-refractivity contribution in [2.45, 2.75) is 25.8 Å². The van der Waals surface area contributed by atoms with Gasteiger partial charge < -0.3 is 10.6 Å². The van der Waals surface area contributed by atoms with Crippen LogP contribution in [-0.2, 0) is 0 Å². The Kier molecular flexibility index (Phi) is 3.69. The van der Waals surface area contributed by atoms with E-state index in [1.54, 1.807) is 12.1 Å². The summed E-state index contributed by atoms with van der Waals surface area (Å²) in [5.41, 5.74) is 6.36. The minimum atomic E-state index is -0.281. The fourth-order valence-electron chi connectivity index (χ4n) is 1.50. The molecule has 15 heavy (non-hydrogen) atoms. The van der Waals surface area contributed by atoms with E-state index in [-0.39, 0.29) is 11.4 Å². The second-order valence-corrected chi connectivity index (χ2v) is 4.32. The Balaban J connectivity index is 2.78. The van der Waals surface area contributed by atoms with Gasteiger partial charge >= 0.3 is 0 Å². The zero-order valence-electron chi connectivity index (χ0n) is 9.63. The number of hydrogen-bond donors (Lipinski definition) is 1. The number of benzene rings is 1. The maximum atomic E-state index is 13.4. The van der Waals surface area contributed by atoms with Crippen LogP contribution in [0.1, 0.15) is 20.3 Å². The number of hydrogen-bond acceptors (Lipinski definition) is 2. The molecule has 1 aromatic rings. The number of para-hydroxylation sites is 1. The van der Waals surface area contributed by atoms with Crippen molar-refractivity contribution >= 4 is 5.69 Å². The van der Waals surface area contributed by atoms with Crippen molar-refractivity contribution < 1.29 is 4.39 Å². The van der Waals surface area contributed by atoms with Crippen molar-refractivity contribution in [2.24, 2.45) is 5.73 Å². The second kappa shape index (κ2) is 4.62. The lowest BCUT2D eigenvalue weighted by molar-refractivity contribution is 0.452. The van der Waals surface area contributed by atoms with Gasteiger partial charge in [0.05, 0.1) is 5.69 Å². The maximum absolute atomic E-state index is 13.4. The molecule has 0 saturated carbocycles. The average molecular weight is 210 g/mol. The van der Waals surface area contributed by atoms with Gasteiger partial charge in [-0.15, -0.1) is 0 Å². The molecule has 1 rings (SSSR count). The molecule has 3 heteroatoms. The van der Waals surface area contributed by atoms with Gasteiger partial charge in [0.2, 0.25) is 0 Å². The third-order valence-corrected chi connectivity index (χ3v) is 2.67. The Hall–Kier alpha value is -1.09. The third kappa shape index (κ3) is 3.20. The summed E-state index contributed by atoms with van der Waals surface area (Å²) in [5.74, 6) is -0.202. The molecule has 0 spiro atoms. The number of nitrogens with two attached hydrogens (primary N) is 1. The largest absolute Gasteiger partial charge is 0.370 e. The molecule has 0 bridgehead atoms. The van der Waals surface area contributed by atoms with Gasteiger partial charge in [-0.25, -0.2) is 4.39 Å². The zero-order chi connectivity index (χ0) is 11.5. The van der Waals surface area contributed by atoms with Gasteiger partial charge in [-0.05, 0) is 25.5 Å². The Morgan fingerprint density at radius 1 is 1.40 bits per heavy atom. The SMILES string of the molecule is CCC(C)(N)CN(C)c1ccccc1F. The van der Waals surface area contributed by atoms with Gasteiger partial charge in [-0.2, -0.15) is 0 Å². The van der Waals surface area contributed by atoms with Crippen LogP contribution < -0.4 is 10.6 Å². The van der Waals surface area contributed by atoms with Crippen LogP contribution in [0, 0.1) is 5.82 Å². The number of halogens is 1. The lowest BCUT2D eigenvalue weighted by Crippen LogP contribution is -2.46. The monoisotopic (exact) mass is 210 g/mol. The number of rotatable bonds is 4. The van der Waals surface area contributed by atoms with E-state index in [2.05, 4.69) is 0 Å². The van der Waals surface area contributed by atoms with E-state index in [1.807, 2.05) is 31.9 Å². The molecule has 2 nitrogen and oxygen atoms in total. The van der Waals surface area contributed by atoms with Crippen LogP contribution >= 0.6 is 0 Å². The van der Waals surface area contributed by atoms with Gasteiger partial charge in [-0.3, -0.25) is 0 Å². The summed E-state index contributed by atoms with van der Waals surface area (Å²) in [7, 11) is 1.86. The standard InChI is InChI=1S/C12H19FN2/c1-4-12(2,14)9-15(3)11-8-6-5-7-10(11)13/h5-8H,4,9,14H2,1-3H3. The lowest BCUT2D eigenvalue weighted by Gasteiger charge is -2.30. The molecule has 0 aromatic heterocycles. The molecule has 0 aliphatic carbocycles. The Morgan fingerprint density at radius 2 is 2.00 bits per heavy atom. The third-order valence-electron chi connectivity index (χ3n) is 2.67. The molecule has 0 radical (unpaired) electrons. The van der Waals surface area contributed by atoms with Gasteiger partial charge in [0.1, 0.15) is 5.82 Å². The normalized spacial score (nSPS) is 14.7. The predicted molar refractivity (Wildman–Crippen MR) is 62.6 cm³/mol. The fourth-order valence-corrected chi connectivity index (χ4v) is 1.50. The molecule has 1 unspecified atom stereocenters. The van der Waals surface area contributed by atoms with Crippen LogP contribution in [-0.4, -0.2) is 19.1 Å². The number of anilines is 1. The highest BCUT2D eigenvalue weighted by molar-refractivity contribution is 5.47. The zero-order valence-corrected chi connectivity index (χ0v) is 9.63. The summed E-state index contributed by atoms with van der Waals surface area (Å²) in [6, 6.07) is 6.75. The van der Waals surface area contributed by atoms with Crippen molar-refractivity contribution in [3.63, 3.8) is 0 Å². The Labute approximate surface area is 90.9 Å². The van der Waals surface area contributed by atoms with Crippen LogP contribution in [0.15, 0.2) is 24.3 Å². The van der Waals surface area contributed by atoms with E-state index in [4.69, 9.17) is 5.73 Å². The fraction of sp³-hybridized carbons (Fsp3) is 0.500. The van der Waals surface area contributed by atoms with E-state index in [0.717, 1.165) is 6.42 Å². The van der Waals surface area contributed by atoms with Crippen LogP contribution in [0.3, 0.4) is 0 Å². The summed E-state index contributed by atoms with van der Waals surface area (Å²) in [4.78, 5) is 1.86. The molecule has 0 fully saturated rings. The lowest BCUT2D eigenvalue weighted by atomic mass is 10.00. The van der Waals surface area contributed by atoms with E-state index in [9.17, 15) is 4.39 Å².